The molecule has 0 heterocycles. The van der Waals surface area contributed by atoms with Crippen molar-refractivity contribution in [3.8, 4) is 0 Å². The molecular weight excluding hydrogens is 160 g/mol. The summed E-state index contributed by atoms with van der Waals surface area (Å²) in [6.45, 7) is 4.70. The first-order valence-electron chi connectivity index (χ1n) is 5.55. The molecule has 0 aromatic rings. The molecule has 0 saturated heterocycles. The third-order valence-electron chi connectivity index (χ3n) is 3.55. The lowest BCUT2D eigenvalue weighted by molar-refractivity contribution is 0.0943. The van der Waals surface area contributed by atoms with Gasteiger partial charge >= 0.3 is 0 Å². The highest BCUT2D eigenvalue weighted by atomic mass is 15.2. The van der Waals surface area contributed by atoms with Gasteiger partial charge in [-0.2, -0.15) is 0 Å². The lowest BCUT2D eigenvalue weighted by Crippen LogP contribution is -2.47. The summed E-state index contributed by atoms with van der Waals surface area (Å²) in [5.74, 6) is 0. The molecule has 0 amide bonds. The Morgan fingerprint density at radius 1 is 1.23 bits per heavy atom. The van der Waals surface area contributed by atoms with Crippen LogP contribution in [-0.4, -0.2) is 37.6 Å². The topological polar surface area (TPSA) is 15.3 Å². The molecule has 0 unspecified atom stereocenters. The Morgan fingerprint density at radius 3 is 2.38 bits per heavy atom. The fourth-order valence-corrected chi connectivity index (χ4v) is 2.24. The fourth-order valence-electron chi connectivity index (χ4n) is 2.24. The van der Waals surface area contributed by atoms with E-state index in [2.05, 4.69) is 24.2 Å². The summed E-state index contributed by atoms with van der Waals surface area (Å²) in [5.41, 5.74) is 0.481. The van der Waals surface area contributed by atoms with Gasteiger partial charge in [-0.3, -0.25) is 4.90 Å². The maximum Gasteiger partial charge on any atom is 0.0178 e. The average Bonchev–Trinajstić information content (AvgIpc) is 2.15. The summed E-state index contributed by atoms with van der Waals surface area (Å²) in [5, 5.41) is 3.21. The summed E-state index contributed by atoms with van der Waals surface area (Å²) >= 11 is 0. The van der Waals surface area contributed by atoms with Crippen LogP contribution in [0.25, 0.3) is 0 Å². The van der Waals surface area contributed by atoms with Gasteiger partial charge in [0.15, 0.2) is 0 Å². The Labute approximate surface area is 82.7 Å². The van der Waals surface area contributed by atoms with E-state index < -0.39 is 0 Å². The highest BCUT2D eigenvalue weighted by Gasteiger charge is 2.30. The van der Waals surface area contributed by atoms with E-state index in [4.69, 9.17) is 0 Å². The first-order valence-corrected chi connectivity index (χ1v) is 5.55. The van der Waals surface area contributed by atoms with E-state index in [9.17, 15) is 0 Å². The molecule has 0 aromatic carbocycles. The van der Waals surface area contributed by atoms with Crippen molar-refractivity contribution in [1.82, 2.24) is 10.2 Å². The van der Waals surface area contributed by atoms with Crippen molar-refractivity contribution in [2.45, 2.75) is 44.6 Å². The Hall–Kier alpha value is -0.0800. The molecule has 0 aromatic heterocycles. The van der Waals surface area contributed by atoms with Crippen LogP contribution in [0.1, 0.15) is 39.0 Å². The summed E-state index contributed by atoms with van der Waals surface area (Å²) in [7, 11) is 4.29. The van der Waals surface area contributed by atoms with Crippen molar-refractivity contribution in [1.29, 1.82) is 0 Å². The molecule has 13 heavy (non-hydrogen) atoms. The van der Waals surface area contributed by atoms with Crippen LogP contribution in [0.4, 0.5) is 0 Å². The predicted molar refractivity (Wildman–Crippen MR) is 58.0 cm³/mol. The number of nitrogens with one attached hydrogen (secondary N) is 1. The maximum absolute atomic E-state index is 3.21. The molecule has 0 radical (unpaired) electrons. The van der Waals surface area contributed by atoms with Crippen LogP contribution in [0.5, 0.6) is 0 Å². The number of likely N-dealkylation sites (N-methyl/N-ethyl adjacent to an activating group) is 2. The van der Waals surface area contributed by atoms with E-state index in [1.54, 1.807) is 0 Å². The van der Waals surface area contributed by atoms with E-state index >= 15 is 0 Å². The third kappa shape index (κ3) is 2.96. The normalized spacial score (nSPS) is 22.2. The molecule has 0 atom stereocenters. The van der Waals surface area contributed by atoms with Gasteiger partial charge in [0.1, 0.15) is 0 Å². The van der Waals surface area contributed by atoms with E-state index in [1.807, 2.05) is 7.05 Å². The molecule has 1 aliphatic carbocycles. The molecule has 0 spiro atoms. The van der Waals surface area contributed by atoms with Gasteiger partial charge in [0.2, 0.25) is 0 Å². The summed E-state index contributed by atoms with van der Waals surface area (Å²) in [6, 6.07) is 0. The first kappa shape index (κ1) is 11.0. The fraction of sp³-hybridized carbons (Fsp3) is 1.00. The molecular formula is C11H24N2. The SMILES string of the molecule is CNCCN(C)C1(C)CCCCC1. The van der Waals surface area contributed by atoms with Gasteiger partial charge in [-0.05, 0) is 33.9 Å². The van der Waals surface area contributed by atoms with Crippen molar-refractivity contribution >= 4 is 0 Å². The monoisotopic (exact) mass is 184 g/mol. The molecule has 2 heteroatoms. The second-order valence-electron chi connectivity index (χ2n) is 4.58. The Morgan fingerprint density at radius 2 is 1.85 bits per heavy atom. The Bertz CT molecular complexity index is 139. The predicted octanol–water partition coefficient (Wildman–Crippen LogP) is 1.86. The van der Waals surface area contributed by atoms with E-state index in [-0.39, 0.29) is 0 Å². The zero-order valence-corrected chi connectivity index (χ0v) is 9.40. The van der Waals surface area contributed by atoms with E-state index in [0.717, 1.165) is 6.54 Å². The van der Waals surface area contributed by atoms with Crippen molar-refractivity contribution in [3.05, 3.63) is 0 Å². The minimum atomic E-state index is 0.481. The Balaban J connectivity index is 2.37. The molecule has 1 saturated carbocycles. The van der Waals surface area contributed by atoms with Crippen LogP contribution in [0.3, 0.4) is 0 Å². The maximum atomic E-state index is 3.21. The molecule has 1 aliphatic rings. The van der Waals surface area contributed by atoms with Gasteiger partial charge < -0.3 is 5.32 Å². The number of hydrogen-bond donors (Lipinski definition) is 1. The van der Waals surface area contributed by atoms with Gasteiger partial charge in [0.25, 0.3) is 0 Å². The standard InChI is InChI=1S/C11H24N2/c1-11(7-5-4-6-8-11)13(3)10-9-12-2/h12H,4-10H2,1-3H3. The highest BCUT2D eigenvalue weighted by molar-refractivity contribution is 4.87. The molecule has 0 bridgehead atoms. The molecule has 2 nitrogen and oxygen atoms in total. The summed E-state index contributed by atoms with van der Waals surface area (Å²) < 4.78 is 0. The van der Waals surface area contributed by atoms with Crippen molar-refractivity contribution in [2.24, 2.45) is 0 Å². The first-order chi connectivity index (χ1) is 6.19. The van der Waals surface area contributed by atoms with Gasteiger partial charge in [0.05, 0.1) is 0 Å². The lowest BCUT2D eigenvalue weighted by atomic mass is 9.82. The molecule has 1 N–H and O–H groups in total. The largest absolute Gasteiger partial charge is 0.318 e. The van der Waals surface area contributed by atoms with E-state index in [0.29, 0.717) is 5.54 Å². The van der Waals surface area contributed by atoms with E-state index in [1.165, 1.54) is 38.6 Å². The zero-order valence-electron chi connectivity index (χ0n) is 9.40. The van der Waals surface area contributed by atoms with Crippen molar-refractivity contribution in [3.63, 3.8) is 0 Å². The lowest BCUT2D eigenvalue weighted by Gasteiger charge is -2.42. The van der Waals surface area contributed by atoms with Crippen molar-refractivity contribution in [2.75, 3.05) is 27.2 Å². The summed E-state index contributed by atoms with van der Waals surface area (Å²) in [4.78, 5) is 2.53. The van der Waals surface area contributed by atoms with Crippen LogP contribution in [-0.2, 0) is 0 Å². The molecule has 1 rings (SSSR count). The minimum absolute atomic E-state index is 0.481. The average molecular weight is 184 g/mol. The number of hydrogen-bond acceptors (Lipinski definition) is 2. The number of nitrogens with zero attached hydrogens (tertiary/aromatic N) is 1. The molecule has 1 fully saturated rings. The van der Waals surface area contributed by atoms with Gasteiger partial charge in [-0.25, -0.2) is 0 Å². The van der Waals surface area contributed by atoms with Crippen LogP contribution in [0.15, 0.2) is 0 Å². The Kier molecular flexibility index (Phi) is 4.20. The third-order valence-corrected chi connectivity index (χ3v) is 3.55. The second-order valence-corrected chi connectivity index (χ2v) is 4.58. The van der Waals surface area contributed by atoms with Crippen LogP contribution in [0, 0.1) is 0 Å². The second kappa shape index (κ2) is 4.97. The van der Waals surface area contributed by atoms with Crippen LogP contribution < -0.4 is 5.32 Å². The zero-order chi connectivity index (χ0) is 9.73. The number of rotatable bonds is 4. The van der Waals surface area contributed by atoms with Crippen LogP contribution in [0.2, 0.25) is 0 Å². The van der Waals surface area contributed by atoms with Gasteiger partial charge in [-0.1, -0.05) is 19.3 Å². The smallest absolute Gasteiger partial charge is 0.0178 e. The van der Waals surface area contributed by atoms with Gasteiger partial charge in [-0.15, -0.1) is 0 Å². The molecule has 78 valence electrons. The van der Waals surface area contributed by atoms with Crippen molar-refractivity contribution < 1.29 is 0 Å². The van der Waals surface area contributed by atoms with Gasteiger partial charge in [0, 0.05) is 18.6 Å². The quantitative estimate of drug-likeness (QED) is 0.717. The van der Waals surface area contributed by atoms with Crippen LogP contribution >= 0.6 is 0 Å². The molecule has 0 aliphatic heterocycles. The summed E-state index contributed by atoms with van der Waals surface area (Å²) in [6.07, 6.45) is 7.04. The highest BCUT2D eigenvalue weighted by Crippen LogP contribution is 2.31. The minimum Gasteiger partial charge on any atom is -0.318 e.